The molecule has 0 aliphatic heterocycles. The fourth-order valence-corrected chi connectivity index (χ4v) is 2.45. The molecule has 0 spiro atoms. The number of nitrogens with two attached hydrogens (primary N) is 1. The summed E-state index contributed by atoms with van der Waals surface area (Å²) in [6.07, 6.45) is 1.79. The quantitative estimate of drug-likeness (QED) is 0.712. The molecule has 20 heavy (non-hydrogen) atoms. The summed E-state index contributed by atoms with van der Waals surface area (Å²) >= 11 is 0. The lowest BCUT2D eigenvalue weighted by molar-refractivity contribution is 1.02. The van der Waals surface area contributed by atoms with Crippen LogP contribution in [-0.2, 0) is 0 Å². The molecule has 3 rings (SSSR count). The van der Waals surface area contributed by atoms with Gasteiger partial charge >= 0.3 is 0 Å². The van der Waals surface area contributed by atoms with Gasteiger partial charge in [0.1, 0.15) is 0 Å². The molecule has 2 aromatic carbocycles. The maximum atomic E-state index is 6.21. The van der Waals surface area contributed by atoms with Crippen molar-refractivity contribution in [3.05, 3.63) is 48.2 Å². The second kappa shape index (κ2) is 4.89. The van der Waals surface area contributed by atoms with Gasteiger partial charge in [0.05, 0.1) is 23.1 Å². The Bertz CT molecular complexity index is 728. The van der Waals surface area contributed by atoms with E-state index in [1.165, 1.54) is 5.56 Å². The fraction of sp³-hybridized carbons (Fsp3) is 0.188. The van der Waals surface area contributed by atoms with Crippen LogP contribution in [0.2, 0.25) is 0 Å². The molecule has 0 amide bonds. The molecule has 0 bridgehead atoms. The number of nitrogens with one attached hydrogen (secondary N) is 1. The number of aryl methyl sites for hydroxylation is 1. The van der Waals surface area contributed by atoms with Crippen LogP contribution in [0.3, 0.4) is 0 Å². The van der Waals surface area contributed by atoms with Crippen molar-refractivity contribution in [1.29, 1.82) is 0 Å². The Labute approximate surface area is 118 Å². The number of aromatic nitrogens is 2. The molecule has 4 heteroatoms. The predicted octanol–water partition coefficient (Wildman–Crippen LogP) is 3.61. The normalized spacial score (nSPS) is 10.9. The van der Waals surface area contributed by atoms with E-state index in [4.69, 9.17) is 5.73 Å². The number of nitrogens with zero attached hydrogens (tertiary/aromatic N) is 2. The van der Waals surface area contributed by atoms with Crippen LogP contribution in [-0.4, -0.2) is 16.7 Å². The van der Waals surface area contributed by atoms with Gasteiger partial charge in [-0.1, -0.05) is 17.7 Å². The second-order valence-corrected chi connectivity index (χ2v) is 4.95. The van der Waals surface area contributed by atoms with E-state index in [1.807, 2.05) is 6.07 Å². The molecular formula is C16H18N4. The lowest BCUT2D eigenvalue weighted by Crippen LogP contribution is -2.17. The van der Waals surface area contributed by atoms with Gasteiger partial charge in [-0.05, 0) is 38.1 Å². The van der Waals surface area contributed by atoms with Gasteiger partial charge in [-0.15, -0.1) is 0 Å². The van der Waals surface area contributed by atoms with E-state index in [1.54, 1.807) is 6.20 Å². The van der Waals surface area contributed by atoms with Crippen LogP contribution in [0, 0.1) is 6.92 Å². The van der Waals surface area contributed by atoms with Crippen molar-refractivity contribution < 1.29 is 0 Å². The van der Waals surface area contributed by atoms with E-state index in [0.29, 0.717) is 0 Å². The third-order valence-electron chi connectivity index (χ3n) is 3.54. The summed E-state index contributed by atoms with van der Waals surface area (Å²) in [5.41, 5.74) is 11.4. The van der Waals surface area contributed by atoms with E-state index >= 15 is 0 Å². The molecule has 0 atom stereocenters. The van der Waals surface area contributed by atoms with E-state index in [0.717, 1.165) is 34.5 Å². The van der Waals surface area contributed by atoms with Crippen molar-refractivity contribution in [3.8, 4) is 0 Å². The molecule has 0 aliphatic carbocycles. The van der Waals surface area contributed by atoms with Crippen molar-refractivity contribution in [2.45, 2.75) is 13.8 Å². The topological polar surface area (TPSA) is 57.9 Å². The molecule has 0 unspecified atom stereocenters. The zero-order valence-corrected chi connectivity index (χ0v) is 11.7. The third-order valence-corrected chi connectivity index (χ3v) is 3.54. The lowest BCUT2D eigenvalue weighted by atomic mass is 10.1. The van der Waals surface area contributed by atoms with Crippen molar-refractivity contribution in [1.82, 2.24) is 10.2 Å². The molecule has 0 saturated carbocycles. The first-order chi connectivity index (χ1) is 9.69. The highest BCUT2D eigenvalue weighted by Crippen LogP contribution is 2.33. The van der Waals surface area contributed by atoms with E-state index in [-0.39, 0.29) is 0 Å². The standard InChI is InChI=1S/C16H18N4/c1-3-20(13-6-4-11(2)5-7-13)16-9-15-12(8-14(16)17)10-18-19-15/h4-10H,3,17H2,1-2H3,(H,18,19). The van der Waals surface area contributed by atoms with Gasteiger partial charge in [-0.25, -0.2) is 0 Å². The van der Waals surface area contributed by atoms with Gasteiger partial charge in [0.15, 0.2) is 0 Å². The number of aromatic amines is 1. The van der Waals surface area contributed by atoms with Crippen molar-refractivity contribution in [2.75, 3.05) is 17.2 Å². The Morgan fingerprint density at radius 1 is 1.20 bits per heavy atom. The first-order valence-electron chi connectivity index (χ1n) is 6.76. The largest absolute Gasteiger partial charge is 0.397 e. The van der Waals surface area contributed by atoms with E-state index in [9.17, 15) is 0 Å². The number of nitrogen functional groups attached to an aromatic ring is 1. The van der Waals surface area contributed by atoms with Crippen LogP contribution in [0.5, 0.6) is 0 Å². The first kappa shape index (κ1) is 12.5. The summed E-state index contributed by atoms with van der Waals surface area (Å²) in [5, 5.41) is 8.08. The molecule has 0 aliphatic rings. The van der Waals surface area contributed by atoms with Crippen molar-refractivity contribution in [3.63, 3.8) is 0 Å². The summed E-state index contributed by atoms with van der Waals surface area (Å²) < 4.78 is 0. The lowest BCUT2D eigenvalue weighted by Gasteiger charge is -2.25. The summed E-state index contributed by atoms with van der Waals surface area (Å²) in [7, 11) is 0. The number of fused-ring (bicyclic) bond motifs is 1. The van der Waals surface area contributed by atoms with Crippen LogP contribution >= 0.6 is 0 Å². The summed E-state index contributed by atoms with van der Waals surface area (Å²) in [6, 6.07) is 12.5. The number of rotatable bonds is 3. The van der Waals surface area contributed by atoms with Gasteiger partial charge in [-0.3, -0.25) is 5.10 Å². The highest BCUT2D eigenvalue weighted by atomic mass is 15.1. The molecule has 1 heterocycles. The van der Waals surface area contributed by atoms with Gasteiger partial charge in [0, 0.05) is 17.6 Å². The average Bonchev–Trinajstić information content (AvgIpc) is 2.89. The molecule has 102 valence electrons. The van der Waals surface area contributed by atoms with Crippen LogP contribution in [0.4, 0.5) is 17.1 Å². The smallest absolute Gasteiger partial charge is 0.0672 e. The maximum absolute atomic E-state index is 6.21. The van der Waals surface area contributed by atoms with Gasteiger partial charge in [0.2, 0.25) is 0 Å². The summed E-state index contributed by atoms with van der Waals surface area (Å²) in [6.45, 7) is 5.06. The minimum atomic E-state index is 0.765. The molecule has 1 aromatic heterocycles. The minimum absolute atomic E-state index is 0.765. The molecule has 0 radical (unpaired) electrons. The zero-order valence-electron chi connectivity index (χ0n) is 11.7. The van der Waals surface area contributed by atoms with Crippen LogP contribution in [0.25, 0.3) is 10.9 Å². The maximum Gasteiger partial charge on any atom is 0.0672 e. The van der Waals surface area contributed by atoms with Gasteiger partial charge < -0.3 is 10.6 Å². The number of hydrogen-bond acceptors (Lipinski definition) is 3. The molecule has 0 fully saturated rings. The predicted molar refractivity (Wildman–Crippen MR) is 84.4 cm³/mol. The van der Waals surface area contributed by atoms with Crippen molar-refractivity contribution in [2.24, 2.45) is 0 Å². The van der Waals surface area contributed by atoms with Crippen LogP contribution < -0.4 is 10.6 Å². The number of hydrogen-bond donors (Lipinski definition) is 2. The van der Waals surface area contributed by atoms with Crippen molar-refractivity contribution >= 4 is 28.0 Å². The van der Waals surface area contributed by atoms with E-state index < -0.39 is 0 Å². The zero-order chi connectivity index (χ0) is 14.1. The Morgan fingerprint density at radius 2 is 1.95 bits per heavy atom. The molecule has 0 saturated heterocycles. The summed E-state index contributed by atoms with van der Waals surface area (Å²) in [4.78, 5) is 2.20. The number of H-pyrrole nitrogens is 1. The molecule has 4 nitrogen and oxygen atoms in total. The Balaban J connectivity index is 2.10. The molecular weight excluding hydrogens is 248 g/mol. The second-order valence-electron chi connectivity index (χ2n) is 4.95. The van der Waals surface area contributed by atoms with Crippen LogP contribution in [0.15, 0.2) is 42.6 Å². The number of benzene rings is 2. The fourth-order valence-electron chi connectivity index (χ4n) is 2.45. The Hall–Kier alpha value is -2.49. The average molecular weight is 266 g/mol. The van der Waals surface area contributed by atoms with E-state index in [2.05, 4.69) is 59.3 Å². The highest BCUT2D eigenvalue weighted by Gasteiger charge is 2.12. The highest BCUT2D eigenvalue weighted by molar-refractivity contribution is 5.90. The first-order valence-corrected chi connectivity index (χ1v) is 6.76. The number of anilines is 3. The Kier molecular flexibility index (Phi) is 3.06. The Morgan fingerprint density at radius 3 is 2.65 bits per heavy atom. The molecule has 3 N–H and O–H groups in total. The van der Waals surface area contributed by atoms with Gasteiger partial charge in [0.25, 0.3) is 0 Å². The monoisotopic (exact) mass is 266 g/mol. The van der Waals surface area contributed by atoms with Gasteiger partial charge in [-0.2, -0.15) is 5.10 Å². The SMILES string of the molecule is CCN(c1ccc(C)cc1)c1cc2[nH]ncc2cc1N. The minimum Gasteiger partial charge on any atom is -0.397 e. The van der Waals surface area contributed by atoms with Crippen LogP contribution in [0.1, 0.15) is 12.5 Å². The molecule has 3 aromatic rings. The summed E-state index contributed by atoms with van der Waals surface area (Å²) in [5.74, 6) is 0. The third kappa shape index (κ3) is 2.09.